The smallest absolute Gasteiger partial charge is 0.319 e. The molecule has 2 amide bonds. The number of furan rings is 1. The fourth-order valence-corrected chi connectivity index (χ4v) is 2.78. The summed E-state index contributed by atoms with van der Waals surface area (Å²) < 4.78 is 10.6. The number of morpholine rings is 1. The van der Waals surface area contributed by atoms with E-state index in [4.69, 9.17) is 9.15 Å². The van der Waals surface area contributed by atoms with Gasteiger partial charge in [-0.2, -0.15) is 0 Å². The van der Waals surface area contributed by atoms with Crippen molar-refractivity contribution in [2.24, 2.45) is 0 Å². The van der Waals surface area contributed by atoms with Gasteiger partial charge in [-0.15, -0.1) is 0 Å². The molecule has 0 spiro atoms. The van der Waals surface area contributed by atoms with Gasteiger partial charge in [-0.05, 0) is 36.8 Å². The molecule has 6 heteroatoms. The Labute approximate surface area is 141 Å². The van der Waals surface area contributed by atoms with Gasteiger partial charge in [-0.25, -0.2) is 4.79 Å². The van der Waals surface area contributed by atoms with Crippen molar-refractivity contribution in [2.45, 2.75) is 19.5 Å². The minimum Gasteiger partial charge on any atom is -0.467 e. The maximum absolute atomic E-state index is 11.9. The Morgan fingerprint density at radius 2 is 1.96 bits per heavy atom. The molecular weight excluding hydrogens is 306 g/mol. The van der Waals surface area contributed by atoms with Gasteiger partial charge in [0.1, 0.15) is 5.76 Å². The number of rotatable bonds is 5. The van der Waals surface area contributed by atoms with E-state index in [0.717, 1.165) is 37.8 Å². The second-order valence-electron chi connectivity index (χ2n) is 5.83. The van der Waals surface area contributed by atoms with E-state index in [0.29, 0.717) is 12.6 Å². The summed E-state index contributed by atoms with van der Waals surface area (Å²) in [6, 6.07) is 11.7. The van der Waals surface area contributed by atoms with E-state index in [1.165, 1.54) is 5.56 Å². The second kappa shape index (κ2) is 7.99. The van der Waals surface area contributed by atoms with Gasteiger partial charge < -0.3 is 19.8 Å². The number of carbonyl (C=O) groups excluding carboxylic acids is 1. The summed E-state index contributed by atoms with van der Waals surface area (Å²) in [5, 5.41) is 5.58. The van der Waals surface area contributed by atoms with Crippen LogP contribution in [-0.2, 0) is 11.3 Å². The monoisotopic (exact) mass is 329 g/mol. The van der Waals surface area contributed by atoms with E-state index in [9.17, 15) is 4.79 Å². The van der Waals surface area contributed by atoms with Gasteiger partial charge in [0.25, 0.3) is 0 Å². The summed E-state index contributed by atoms with van der Waals surface area (Å²) in [6.45, 7) is 6.06. The average Bonchev–Trinajstić information content (AvgIpc) is 3.14. The third-order valence-corrected chi connectivity index (χ3v) is 4.25. The first-order valence-electron chi connectivity index (χ1n) is 8.21. The SMILES string of the molecule is C[C@@H](c1ccc(NC(=O)NCc2ccco2)cc1)N1CCOCC1. The molecule has 1 saturated heterocycles. The van der Waals surface area contributed by atoms with Gasteiger partial charge in [0.15, 0.2) is 0 Å². The van der Waals surface area contributed by atoms with Crippen LogP contribution in [0.25, 0.3) is 0 Å². The minimum absolute atomic E-state index is 0.250. The predicted octanol–water partition coefficient (Wildman–Crippen LogP) is 2.99. The Morgan fingerprint density at radius 1 is 1.21 bits per heavy atom. The predicted molar refractivity (Wildman–Crippen MR) is 91.8 cm³/mol. The number of hydrogen-bond acceptors (Lipinski definition) is 4. The van der Waals surface area contributed by atoms with Crippen molar-refractivity contribution in [3.05, 3.63) is 54.0 Å². The topological polar surface area (TPSA) is 66.7 Å². The van der Waals surface area contributed by atoms with Crippen LogP contribution >= 0.6 is 0 Å². The third-order valence-electron chi connectivity index (χ3n) is 4.25. The molecule has 1 aromatic heterocycles. The molecule has 0 saturated carbocycles. The number of ether oxygens (including phenoxy) is 1. The largest absolute Gasteiger partial charge is 0.467 e. The molecule has 0 unspecified atom stereocenters. The highest BCUT2D eigenvalue weighted by atomic mass is 16.5. The van der Waals surface area contributed by atoms with E-state index in [1.807, 2.05) is 18.2 Å². The number of amides is 2. The maximum atomic E-state index is 11.9. The standard InChI is InChI=1S/C18H23N3O3/c1-14(21-8-11-23-12-9-21)15-4-6-16(7-5-15)20-18(22)19-13-17-3-2-10-24-17/h2-7,10,14H,8-9,11-13H2,1H3,(H2,19,20,22)/t14-/m0/s1. The van der Waals surface area contributed by atoms with Crippen molar-refractivity contribution in [1.82, 2.24) is 10.2 Å². The van der Waals surface area contributed by atoms with Gasteiger partial charge >= 0.3 is 6.03 Å². The molecule has 6 nitrogen and oxygen atoms in total. The molecule has 0 radical (unpaired) electrons. The summed E-state index contributed by atoms with van der Waals surface area (Å²) in [5.74, 6) is 0.722. The van der Waals surface area contributed by atoms with Crippen LogP contribution in [-0.4, -0.2) is 37.2 Å². The zero-order chi connectivity index (χ0) is 16.8. The van der Waals surface area contributed by atoms with Crippen LogP contribution in [0.15, 0.2) is 47.1 Å². The lowest BCUT2D eigenvalue weighted by molar-refractivity contribution is 0.0198. The number of anilines is 1. The Balaban J connectivity index is 1.51. The van der Waals surface area contributed by atoms with E-state index in [-0.39, 0.29) is 6.03 Å². The molecule has 1 aliphatic heterocycles. The quantitative estimate of drug-likeness (QED) is 0.885. The van der Waals surface area contributed by atoms with Gasteiger partial charge in [-0.1, -0.05) is 12.1 Å². The van der Waals surface area contributed by atoms with Crippen LogP contribution in [0.1, 0.15) is 24.3 Å². The normalized spacial score (nSPS) is 16.5. The fourth-order valence-electron chi connectivity index (χ4n) is 2.78. The van der Waals surface area contributed by atoms with E-state index < -0.39 is 0 Å². The number of benzene rings is 1. The summed E-state index contributed by atoms with van der Waals surface area (Å²) in [5.41, 5.74) is 2.00. The molecule has 1 aliphatic rings. The molecule has 2 aromatic rings. The second-order valence-corrected chi connectivity index (χ2v) is 5.83. The molecule has 0 aliphatic carbocycles. The Bertz CT molecular complexity index is 634. The first kappa shape index (κ1) is 16.5. The maximum Gasteiger partial charge on any atom is 0.319 e. The molecule has 1 aromatic carbocycles. The molecule has 2 N–H and O–H groups in total. The highest BCUT2D eigenvalue weighted by Crippen LogP contribution is 2.22. The number of carbonyl (C=O) groups is 1. The number of nitrogens with one attached hydrogen (secondary N) is 2. The van der Waals surface area contributed by atoms with Crippen LogP contribution in [0.3, 0.4) is 0 Å². The van der Waals surface area contributed by atoms with Crippen molar-refractivity contribution in [3.63, 3.8) is 0 Å². The van der Waals surface area contributed by atoms with E-state index in [2.05, 4.69) is 34.6 Å². The fraction of sp³-hybridized carbons (Fsp3) is 0.389. The third kappa shape index (κ3) is 4.37. The van der Waals surface area contributed by atoms with Gasteiger partial charge in [0.05, 0.1) is 26.0 Å². The van der Waals surface area contributed by atoms with E-state index in [1.54, 1.807) is 12.3 Å². The zero-order valence-electron chi connectivity index (χ0n) is 13.8. The summed E-state index contributed by atoms with van der Waals surface area (Å²) >= 11 is 0. The van der Waals surface area contributed by atoms with E-state index >= 15 is 0 Å². The van der Waals surface area contributed by atoms with Crippen molar-refractivity contribution in [2.75, 3.05) is 31.6 Å². The molecule has 24 heavy (non-hydrogen) atoms. The lowest BCUT2D eigenvalue weighted by Crippen LogP contribution is -2.38. The van der Waals surface area contributed by atoms with Crippen LogP contribution < -0.4 is 10.6 Å². The van der Waals surface area contributed by atoms with Crippen LogP contribution in [0.5, 0.6) is 0 Å². The first-order valence-corrected chi connectivity index (χ1v) is 8.21. The van der Waals surface area contributed by atoms with Crippen LogP contribution in [0.2, 0.25) is 0 Å². The summed E-state index contributed by atoms with van der Waals surface area (Å²) in [6.07, 6.45) is 1.59. The van der Waals surface area contributed by atoms with Gasteiger partial charge in [0.2, 0.25) is 0 Å². The minimum atomic E-state index is -0.250. The number of hydrogen-bond donors (Lipinski definition) is 2. The van der Waals surface area contributed by atoms with Crippen molar-refractivity contribution >= 4 is 11.7 Å². The zero-order valence-corrected chi connectivity index (χ0v) is 13.8. The molecule has 2 heterocycles. The van der Waals surface area contributed by atoms with Crippen molar-refractivity contribution in [3.8, 4) is 0 Å². The van der Waals surface area contributed by atoms with Crippen molar-refractivity contribution < 1.29 is 13.9 Å². The number of urea groups is 1. The molecule has 128 valence electrons. The highest BCUT2D eigenvalue weighted by Gasteiger charge is 2.18. The van der Waals surface area contributed by atoms with Gasteiger partial charge in [-0.3, -0.25) is 4.90 Å². The highest BCUT2D eigenvalue weighted by molar-refractivity contribution is 5.89. The molecule has 0 bridgehead atoms. The Kier molecular flexibility index (Phi) is 5.51. The molecular formula is C18H23N3O3. The Hall–Kier alpha value is -2.31. The van der Waals surface area contributed by atoms with Crippen molar-refractivity contribution in [1.29, 1.82) is 0 Å². The van der Waals surface area contributed by atoms with Crippen LogP contribution in [0, 0.1) is 0 Å². The van der Waals surface area contributed by atoms with Gasteiger partial charge in [0, 0.05) is 24.8 Å². The summed E-state index contributed by atoms with van der Waals surface area (Å²) in [7, 11) is 0. The lowest BCUT2D eigenvalue weighted by atomic mass is 10.1. The molecule has 1 atom stereocenters. The molecule has 3 rings (SSSR count). The van der Waals surface area contributed by atoms with Crippen LogP contribution in [0.4, 0.5) is 10.5 Å². The Morgan fingerprint density at radius 3 is 2.62 bits per heavy atom. The summed E-state index contributed by atoms with van der Waals surface area (Å²) in [4.78, 5) is 14.3. The number of nitrogens with zero attached hydrogens (tertiary/aromatic N) is 1. The lowest BCUT2D eigenvalue weighted by Gasteiger charge is -2.32. The molecule has 1 fully saturated rings. The first-order chi connectivity index (χ1) is 11.7. The average molecular weight is 329 g/mol.